The molecule has 2 N–H and O–H groups in total. The molecule has 0 saturated heterocycles. The molecule has 0 fully saturated rings. The van der Waals surface area contributed by atoms with Gasteiger partial charge < -0.3 is 10.4 Å². The van der Waals surface area contributed by atoms with E-state index in [0.717, 1.165) is 18.9 Å². The lowest BCUT2D eigenvalue weighted by Gasteiger charge is -2.09. The number of carboxylic acids is 1. The molecule has 1 aromatic rings. The van der Waals surface area contributed by atoms with Crippen molar-refractivity contribution in [2.75, 3.05) is 23.9 Å². The Morgan fingerprint density at radius 1 is 1.32 bits per heavy atom. The van der Waals surface area contributed by atoms with E-state index in [-0.39, 0.29) is 5.56 Å². The van der Waals surface area contributed by atoms with Crippen LogP contribution in [0.2, 0.25) is 0 Å². The van der Waals surface area contributed by atoms with Gasteiger partial charge in [-0.25, -0.2) is 9.18 Å². The third kappa shape index (κ3) is 5.96. The molecule has 0 aliphatic heterocycles. The largest absolute Gasteiger partial charge is 0.478 e. The van der Waals surface area contributed by atoms with Crippen LogP contribution in [0, 0.1) is 5.82 Å². The number of carboxylic acid groups (broad SMARTS) is 1. The van der Waals surface area contributed by atoms with Crippen LogP contribution in [0.3, 0.4) is 0 Å². The van der Waals surface area contributed by atoms with E-state index in [2.05, 4.69) is 11.6 Å². The van der Waals surface area contributed by atoms with Crippen molar-refractivity contribution in [2.45, 2.75) is 25.7 Å². The second-order valence-electron chi connectivity index (χ2n) is 4.33. The fourth-order valence-electron chi connectivity index (χ4n) is 1.80. The van der Waals surface area contributed by atoms with Gasteiger partial charge >= 0.3 is 5.97 Å². The summed E-state index contributed by atoms with van der Waals surface area (Å²) in [6.07, 6.45) is 6.63. The molecule has 0 unspecified atom stereocenters. The number of benzene rings is 1. The normalized spacial score (nSPS) is 10.4. The summed E-state index contributed by atoms with van der Waals surface area (Å²) >= 11 is 1.85. The maximum absolute atomic E-state index is 13.0. The highest BCUT2D eigenvalue weighted by atomic mass is 32.2. The Labute approximate surface area is 117 Å². The molecule has 3 nitrogen and oxygen atoms in total. The van der Waals surface area contributed by atoms with Crippen LogP contribution in [0.15, 0.2) is 18.2 Å². The molecule has 0 aliphatic rings. The number of thioether (sulfide) groups is 1. The van der Waals surface area contributed by atoms with E-state index in [0.29, 0.717) is 12.2 Å². The van der Waals surface area contributed by atoms with Crippen molar-refractivity contribution in [2.24, 2.45) is 0 Å². The highest BCUT2D eigenvalue weighted by Gasteiger charge is 2.10. The molecule has 5 heteroatoms. The summed E-state index contributed by atoms with van der Waals surface area (Å²) < 4.78 is 13.0. The maximum Gasteiger partial charge on any atom is 0.337 e. The van der Waals surface area contributed by atoms with E-state index in [4.69, 9.17) is 5.11 Å². The molecule has 0 aliphatic carbocycles. The van der Waals surface area contributed by atoms with Crippen LogP contribution < -0.4 is 5.32 Å². The smallest absolute Gasteiger partial charge is 0.337 e. The molecular formula is C14H20FNO2S. The van der Waals surface area contributed by atoms with Crippen LogP contribution in [0.1, 0.15) is 36.0 Å². The predicted molar refractivity (Wildman–Crippen MR) is 78.7 cm³/mol. The zero-order chi connectivity index (χ0) is 14.1. The summed E-state index contributed by atoms with van der Waals surface area (Å²) in [5.74, 6) is -0.448. The first kappa shape index (κ1) is 15.8. The minimum Gasteiger partial charge on any atom is -0.478 e. The van der Waals surface area contributed by atoms with Gasteiger partial charge in [0.1, 0.15) is 5.82 Å². The number of hydrogen-bond donors (Lipinski definition) is 2. The van der Waals surface area contributed by atoms with Crippen molar-refractivity contribution in [1.29, 1.82) is 0 Å². The molecule has 0 aromatic heterocycles. The van der Waals surface area contributed by atoms with Crippen LogP contribution in [-0.2, 0) is 0 Å². The van der Waals surface area contributed by atoms with Gasteiger partial charge in [-0.05, 0) is 43.0 Å². The van der Waals surface area contributed by atoms with E-state index in [1.807, 2.05) is 11.8 Å². The molecule has 19 heavy (non-hydrogen) atoms. The first-order valence-corrected chi connectivity index (χ1v) is 7.80. The second kappa shape index (κ2) is 8.80. The molecular weight excluding hydrogens is 265 g/mol. The minimum atomic E-state index is -1.11. The van der Waals surface area contributed by atoms with Crippen molar-refractivity contribution in [3.63, 3.8) is 0 Å². The molecule has 1 rings (SSSR count). The third-order valence-electron chi connectivity index (χ3n) is 2.80. The van der Waals surface area contributed by atoms with Crippen molar-refractivity contribution in [3.05, 3.63) is 29.6 Å². The Hall–Kier alpha value is -1.23. The predicted octanol–water partition coefficient (Wildman–Crippen LogP) is 3.86. The number of hydrogen-bond acceptors (Lipinski definition) is 3. The molecule has 1 aromatic carbocycles. The van der Waals surface area contributed by atoms with Crippen molar-refractivity contribution in [3.8, 4) is 0 Å². The Morgan fingerprint density at radius 3 is 2.74 bits per heavy atom. The maximum atomic E-state index is 13.0. The van der Waals surface area contributed by atoms with Gasteiger partial charge in [-0.15, -0.1) is 0 Å². The number of unbranched alkanes of at least 4 members (excludes halogenated alkanes) is 3. The molecule has 0 atom stereocenters. The lowest BCUT2D eigenvalue weighted by molar-refractivity contribution is 0.0697. The summed E-state index contributed by atoms with van der Waals surface area (Å²) in [5, 5.41) is 12.0. The summed E-state index contributed by atoms with van der Waals surface area (Å²) in [6.45, 7) is 0.713. The van der Waals surface area contributed by atoms with Crippen molar-refractivity contribution in [1.82, 2.24) is 0 Å². The minimum absolute atomic E-state index is 0.0117. The zero-order valence-corrected chi connectivity index (χ0v) is 11.9. The lowest BCUT2D eigenvalue weighted by Crippen LogP contribution is -2.08. The fraction of sp³-hybridized carbons (Fsp3) is 0.500. The molecule has 0 saturated carbocycles. The highest BCUT2D eigenvalue weighted by Crippen LogP contribution is 2.17. The topological polar surface area (TPSA) is 49.3 Å². The molecule has 0 spiro atoms. The average Bonchev–Trinajstić information content (AvgIpc) is 2.39. The van der Waals surface area contributed by atoms with Crippen LogP contribution >= 0.6 is 11.8 Å². The number of rotatable bonds is 9. The van der Waals surface area contributed by atoms with E-state index in [9.17, 15) is 9.18 Å². The van der Waals surface area contributed by atoms with Crippen LogP contribution in [0.25, 0.3) is 0 Å². The SMILES string of the molecule is CSCCCCCCNc1ccc(F)cc1C(=O)O. The number of nitrogens with one attached hydrogen (secondary N) is 1. The second-order valence-corrected chi connectivity index (χ2v) is 5.31. The molecule has 0 heterocycles. The van der Waals surface area contributed by atoms with E-state index >= 15 is 0 Å². The van der Waals surface area contributed by atoms with Gasteiger partial charge in [-0.1, -0.05) is 12.8 Å². The van der Waals surface area contributed by atoms with E-state index in [1.54, 1.807) is 0 Å². The Morgan fingerprint density at radius 2 is 2.05 bits per heavy atom. The Balaban J connectivity index is 2.35. The monoisotopic (exact) mass is 285 g/mol. The van der Waals surface area contributed by atoms with Crippen LogP contribution in [-0.4, -0.2) is 29.6 Å². The summed E-state index contributed by atoms with van der Waals surface area (Å²) in [7, 11) is 0. The zero-order valence-electron chi connectivity index (χ0n) is 11.1. The van der Waals surface area contributed by atoms with Crippen LogP contribution in [0.4, 0.5) is 10.1 Å². The van der Waals surface area contributed by atoms with Gasteiger partial charge in [0.2, 0.25) is 0 Å². The molecule has 0 bridgehead atoms. The standard InChI is InChI=1S/C14H20FNO2S/c1-19-9-5-3-2-4-8-16-13-7-6-11(15)10-12(13)14(17)18/h6-7,10,16H,2-5,8-9H2,1H3,(H,17,18). The Kier molecular flexibility index (Phi) is 7.33. The van der Waals surface area contributed by atoms with Gasteiger partial charge in [0.05, 0.1) is 5.56 Å². The number of aromatic carboxylic acids is 1. The molecule has 0 radical (unpaired) electrons. The van der Waals surface area contributed by atoms with Gasteiger partial charge in [0.15, 0.2) is 0 Å². The van der Waals surface area contributed by atoms with Crippen LogP contribution in [0.5, 0.6) is 0 Å². The highest BCUT2D eigenvalue weighted by molar-refractivity contribution is 7.98. The number of carbonyl (C=O) groups is 1. The number of halogens is 1. The number of anilines is 1. The van der Waals surface area contributed by atoms with Crippen molar-refractivity contribution >= 4 is 23.4 Å². The molecule has 0 amide bonds. The van der Waals surface area contributed by atoms with Gasteiger partial charge in [0, 0.05) is 12.2 Å². The van der Waals surface area contributed by atoms with Gasteiger partial charge in [-0.2, -0.15) is 11.8 Å². The van der Waals surface area contributed by atoms with E-state index < -0.39 is 11.8 Å². The Bertz CT molecular complexity index is 412. The summed E-state index contributed by atoms with van der Waals surface area (Å²) in [4.78, 5) is 11.0. The molecule has 106 valence electrons. The average molecular weight is 285 g/mol. The van der Waals surface area contributed by atoms with Gasteiger partial charge in [0.25, 0.3) is 0 Å². The lowest BCUT2D eigenvalue weighted by atomic mass is 10.1. The summed E-state index contributed by atoms with van der Waals surface area (Å²) in [6, 6.07) is 3.79. The first-order chi connectivity index (χ1) is 9.15. The quantitative estimate of drug-likeness (QED) is 0.676. The van der Waals surface area contributed by atoms with E-state index in [1.165, 1.54) is 30.7 Å². The summed E-state index contributed by atoms with van der Waals surface area (Å²) in [5.41, 5.74) is 0.473. The van der Waals surface area contributed by atoms with Gasteiger partial charge in [-0.3, -0.25) is 0 Å². The third-order valence-corrected chi connectivity index (χ3v) is 3.50. The first-order valence-electron chi connectivity index (χ1n) is 6.41. The van der Waals surface area contributed by atoms with Crippen molar-refractivity contribution < 1.29 is 14.3 Å². The fourth-order valence-corrected chi connectivity index (χ4v) is 2.29.